The van der Waals surface area contributed by atoms with Gasteiger partial charge in [-0.15, -0.1) is 0 Å². The highest BCUT2D eigenvalue weighted by atomic mass is 16.5. The predicted octanol–water partition coefficient (Wildman–Crippen LogP) is 2.53. The second-order valence-corrected chi connectivity index (χ2v) is 4.14. The second kappa shape index (κ2) is 4.01. The normalized spacial score (nSPS) is 15.3. The lowest BCUT2D eigenvalue weighted by atomic mass is 9.82. The van der Waals surface area contributed by atoms with Gasteiger partial charge in [0.15, 0.2) is 0 Å². The topological polar surface area (TPSA) is 35.2 Å². The Morgan fingerprint density at radius 1 is 1.29 bits per heavy atom. The molecular formula is C12H19NO. The Balaban J connectivity index is 3.17. The average molecular weight is 193 g/mol. The van der Waals surface area contributed by atoms with Gasteiger partial charge < -0.3 is 10.5 Å². The molecule has 0 aliphatic rings. The van der Waals surface area contributed by atoms with Gasteiger partial charge in [-0.1, -0.05) is 32.0 Å². The van der Waals surface area contributed by atoms with Crippen LogP contribution in [0.25, 0.3) is 0 Å². The summed E-state index contributed by atoms with van der Waals surface area (Å²) in [5.41, 5.74) is 7.00. The molecule has 0 aromatic heterocycles. The highest BCUT2D eigenvalue weighted by Crippen LogP contribution is 2.32. The molecule has 2 nitrogen and oxygen atoms in total. The molecule has 1 atom stereocenters. The van der Waals surface area contributed by atoms with Crippen LogP contribution >= 0.6 is 0 Å². The molecule has 0 heterocycles. The van der Waals surface area contributed by atoms with Crippen LogP contribution in [0.2, 0.25) is 0 Å². The van der Waals surface area contributed by atoms with E-state index in [9.17, 15) is 0 Å². The highest BCUT2D eigenvalue weighted by molar-refractivity contribution is 5.38. The van der Waals surface area contributed by atoms with Gasteiger partial charge >= 0.3 is 0 Å². The third-order valence-corrected chi connectivity index (χ3v) is 2.89. The van der Waals surface area contributed by atoms with Crippen molar-refractivity contribution >= 4 is 0 Å². The van der Waals surface area contributed by atoms with Crippen LogP contribution in [0.1, 0.15) is 26.3 Å². The lowest BCUT2D eigenvalue weighted by molar-refractivity contribution is 0.326. The number of para-hydroxylation sites is 1. The summed E-state index contributed by atoms with van der Waals surface area (Å²) in [7, 11) is 1.68. The van der Waals surface area contributed by atoms with E-state index < -0.39 is 0 Å². The highest BCUT2D eigenvalue weighted by Gasteiger charge is 2.28. The van der Waals surface area contributed by atoms with Crippen molar-refractivity contribution in [1.82, 2.24) is 0 Å². The number of hydrogen-bond donors (Lipinski definition) is 1. The number of hydrogen-bond acceptors (Lipinski definition) is 2. The van der Waals surface area contributed by atoms with Crippen LogP contribution in [-0.4, -0.2) is 7.11 Å². The van der Waals surface area contributed by atoms with Crippen molar-refractivity contribution in [1.29, 1.82) is 0 Å². The molecule has 1 unspecified atom stereocenters. The summed E-state index contributed by atoms with van der Waals surface area (Å²) in [6.07, 6.45) is 0. The Labute approximate surface area is 86.1 Å². The first-order valence-electron chi connectivity index (χ1n) is 4.92. The number of ether oxygens (including phenoxy) is 1. The summed E-state index contributed by atoms with van der Waals surface area (Å²) in [6.45, 7) is 6.27. The Hall–Kier alpha value is -1.02. The van der Waals surface area contributed by atoms with Gasteiger partial charge in [-0.05, 0) is 18.9 Å². The van der Waals surface area contributed by atoms with E-state index in [0.717, 1.165) is 11.3 Å². The number of rotatable bonds is 3. The molecule has 2 N–H and O–H groups in total. The van der Waals surface area contributed by atoms with E-state index in [2.05, 4.69) is 13.8 Å². The Morgan fingerprint density at radius 2 is 1.86 bits per heavy atom. The summed E-state index contributed by atoms with van der Waals surface area (Å²) < 4.78 is 5.30. The SMILES string of the molecule is COc1ccccc1C(C)(N)C(C)C. The van der Waals surface area contributed by atoms with Gasteiger partial charge in [0.1, 0.15) is 5.75 Å². The molecule has 0 saturated carbocycles. The molecule has 0 aliphatic carbocycles. The van der Waals surface area contributed by atoms with Gasteiger partial charge in [0, 0.05) is 11.1 Å². The largest absolute Gasteiger partial charge is 0.496 e. The van der Waals surface area contributed by atoms with Crippen LogP contribution < -0.4 is 10.5 Å². The van der Waals surface area contributed by atoms with Gasteiger partial charge in [0.25, 0.3) is 0 Å². The van der Waals surface area contributed by atoms with E-state index in [1.165, 1.54) is 0 Å². The molecule has 1 aromatic rings. The van der Waals surface area contributed by atoms with E-state index in [1.54, 1.807) is 7.11 Å². The Kier molecular flexibility index (Phi) is 3.17. The lowest BCUT2D eigenvalue weighted by Gasteiger charge is -2.31. The first-order chi connectivity index (χ1) is 6.50. The van der Waals surface area contributed by atoms with Crippen molar-refractivity contribution in [2.24, 2.45) is 11.7 Å². The molecule has 1 rings (SSSR count). The van der Waals surface area contributed by atoms with Crippen molar-refractivity contribution < 1.29 is 4.74 Å². The van der Waals surface area contributed by atoms with Crippen molar-refractivity contribution in [3.8, 4) is 5.75 Å². The van der Waals surface area contributed by atoms with E-state index in [0.29, 0.717) is 5.92 Å². The number of nitrogens with two attached hydrogens (primary N) is 1. The van der Waals surface area contributed by atoms with Crippen LogP contribution in [0.3, 0.4) is 0 Å². The van der Waals surface area contributed by atoms with Gasteiger partial charge in [-0.2, -0.15) is 0 Å². The van der Waals surface area contributed by atoms with Gasteiger partial charge in [0.05, 0.1) is 7.11 Å². The summed E-state index contributed by atoms with van der Waals surface area (Å²) >= 11 is 0. The zero-order valence-corrected chi connectivity index (χ0v) is 9.37. The van der Waals surface area contributed by atoms with E-state index in [4.69, 9.17) is 10.5 Å². The molecule has 0 saturated heterocycles. The van der Waals surface area contributed by atoms with E-state index in [-0.39, 0.29) is 5.54 Å². The minimum absolute atomic E-state index is 0.341. The zero-order chi connectivity index (χ0) is 10.8. The minimum atomic E-state index is -0.341. The maximum absolute atomic E-state index is 6.28. The van der Waals surface area contributed by atoms with Crippen molar-refractivity contribution in [2.45, 2.75) is 26.3 Å². The first-order valence-corrected chi connectivity index (χ1v) is 4.92. The summed E-state index contributed by atoms with van der Waals surface area (Å²) in [5, 5.41) is 0. The van der Waals surface area contributed by atoms with Crippen LogP contribution in [0.5, 0.6) is 5.75 Å². The second-order valence-electron chi connectivity index (χ2n) is 4.14. The van der Waals surface area contributed by atoms with Gasteiger partial charge in [-0.25, -0.2) is 0 Å². The fourth-order valence-corrected chi connectivity index (χ4v) is 1.40. The van der Waals surface area contributed by atoms with Crippen LogP contribution in [0.15, 0.2) is 24.3 Å². The van der Waals surface area contributed by atoms with E-state index in [1.807, 2.05) is 31.2 Å². The quantitative estimate of drug-likeness (QED) is 0.800. The standard InChI is InChI=1S/C12H19NO/c1-9(2)12(3,13)10-7-5-6-8-11(10)14-4/h5-9H,13H2,1-4H3. The zero-order valence-electron chi connectivity index (χ0n) is 9.37. The average Bonchev–Trinajstić information content (AvgIpc) is 2.17. The first kappa shape index (κ1) is 11.1. The maximum Gasteiger partial charge on any atom is 0.123 e. The summed E-state index contributed by atoms with van der Waals surface area (Å²) in [5.74, 6) is 1.24. The number of benzene rings is 1. The molecule has 0 aliphatic heterocycles. The van der Waals surface area contributed by atoms with Crippen LogP contribution in [0, 0.1) is 5.92 Å². The fraction of sp³-hybridized carbons (Fsp3) is 0.500. The van der Waals surface area contributed by atoms with Gasteiger partial charge in [0.2, 0.25) is 0 Å². The molecule has 0 bridgehead atoms. The monoisotopic (exact) mass is 193 g/mol. The van der Waals surface area contributed by atoms with Crippen LogP contribution in [0.4, 0.5) is 0 Å². The van der Waals surface area contributed by atoms with Crippen molar-refractivity contribution in [2.75, 3.05) is 7.11 Å². The molecule has 0 fully saturated rings. The molecule has 0 radical (unpaired) electrons. The Bertz CT molecular complexity index is 305. The smallest absolute Gasteiger partial charge is 0.123 e. The van der Waals surface area contributed by atoms with Crippen LogP contribution in [-0.2, 0) is 5.54 Å². The molecule has 2 heteroatoms. The Morgan fingerprint density at radius 3 is 2.36 bits per heavy atom. The van der Waals surface area contributed by atoms with Crippen molar-refractivity contribution in [3.05, 3.63) is 29.8 Å². The molecule has 1 aromatic carbocycles. The summed E-state index contributed by atoms with van der Waals surface area (Å²) in [4.78, 5) is 0. The molecule has 0 amide bonds. The van der Waals surface area contributed by atoms with Gasteiger partial charge in [-0.3, -0.25) is 0 Å². The predicted molar refractivity (Wildman–Crippen MR) is 59.4 cm³/mol. The maximum atomic E-state index is 6.28. The van der Waals surface area contributed by atoms with Crippen molar-refractivity contribution in [3.63, 3.8) is 0 Å². The molecule has 14 heavy (non-hydrogen) atoms. The third kappa shape index (κ3) is 1.90. The van der Waals surface area contributed by atoms with E-state index >= 15 is 0 Å². The number of methoxy groups -OCH3 is 1. The summed E-state index contributed by atoms with van der Waals surface area (Å²) in [6, 6.07) is 7.92. The molecule has 0 spiro atoms. The molecule has 78 valence electrons. The molecular weight excluding hydrogens is 174 g/mol. The lowest BCUT2D eigenvalue weighted by Crippen LogP contribution is -2.38. The fourth-order valence-electron chi connectivity index (χ4n) is 1.40. The minimum Gasteiger partial charge on any atom is -0.496 e. The third-order valence-electron chi connectivity index (χ3n) is 2.89.